The van der Waals surface area contributed by atoms with Crippen molar-refractivity contribution in [2.24, 2.45) is 0 Å². The number of anilines is 1. The summed E-state index contributed by atoms with van der Waals surface area (Å²) < 4.78 is 88.8. The number of benzene rings is 2. The Bertz CT molecular complexity index is 1960. The number of phenolic OH excluding ortho intramolecular Hbond substituents is 1. The van der Waals surface area contributed by atoms with Crippen LogP contribution in [0.1, 0.15) is 32.1 Å². The van der Waals surface area contributed by atoms with Crippen LogP contribution in [0.15, 0.2) is 30.3 Å². The smallest absolute Gasteiger partial charge is 0.508 e. The first-order chi connectivity index (χ1) is 23.0. The molecule has 2 N–H and O–H groups in total. The number of hydrogen-bond donors (Lipinski definition) is 2. The van der Waals surface area contributed by atoms with Crippen molar-refractivity contribution in [3.63, 3.8) is 0 Å². The standard InChI is InChI=1S/C33H31F5N6O4/c34-17-11-32(7-2-8-43(32)12-17)15-47-31-41-28-25-29(42-31)44-13-18-5-6-21(39-18)22(44)14-46-30(25)40-27(26(28)35)20-10-19(45)9-16-3-1-4-23(24(16)20)48-33(36,37)38/h1,3-4,9-10,17-18,21-22,39,45H,2,5-8,11-15H2/t17-,18-,21+,22-,32+/m1/s1. The molecule has 252 valence electrons. The van der Waals surface area contributed by atoms with Crippen LogP contribution in [0.3, 0.4) is 0 Å². The Morgan fingerprint density at radius 3 is 2.83 bits per heavy atom. The summed E-state index contributed by atoms with van der Waals surface area (Å²) in [6, 6.07) is 6.34. The number of nitrogens with one attached hydrogen (secondary N) is 1. The van der Waals surface area contributed by atoms with Gasteiger partial charge in [0.1, 0.15) is 53.3 Å². The third-order valence-electron chi connectivity index (χ3n) is 10.6. The maximum absolute atomic E-state index is 17.0. The molecular formula is C33H31F5N6O4. The van der Waals surface area contributed by atoms with Crippen molar-refractivity contribution in [3.8, 4) is 34.6 Å². The monoisotopic (exact) mass is 670 g/mol. The van der Waals surface area contributed by atoms with E-state index in [1.54, 1.807) is 0 Å². The van der Waals surface area contributed by atoms with E-state index >= 15 is 4.39 Å². The van der Waals surface area contributed by atoms with Gasteiger partial charge in [-0.1, -0.05) is 12.1 Å². The molecule has 5 aliphatic heterocycles. The van der Waals surface area contributed by atoms with Crippen molar-refractivity contribution in [1.82, 2.24) is 25.2 Å². The summed E-state index contributed by atoms with van der Waals surface area (Å²) in [5.74, 6) is -1.46. The molecule has 4 fully saturated rings. The molecule has 10 nitrogen and oxygen atoms in total. The predicted molar refractivity (Wildman–Crippen MR) is 164 cm³/mol. The molecule has 5 atom stereocenters. The molecule has 0 aliphatic carbocycles. The third-order valence-corrected chi connectivity index (χ3v) is 10.6. The first-order valence-electron chi connectivity index (χ1n) is 16.2. The molecule has 48 heavy (non-hydrogen) atoms. The van der Waals surface area contributed by atoms with Gasteiger partial charge in [0.2, 0.25) is 5.88 Å². The summed E-state index contributed by atoms with van der Waals surface area (Å²) in [6.07, 6.45) is -2.14. The average molecular weight is 671 g/mol. The van der Waals surface area contributed by atoms with Gasteiger partial charge < -0.3 is 29.5 Å². The van der Waals surface area contributed by atoms with E-state index in [0.717, 1.165) is 44.4 Å². The van der Waals surface area contributed by atoms with E-state index < -0.39 is 29.6 Å². The Hall–Kier alpha value is -4.24. The van der Waals surface area contributed by atoms with E-state index in [4.69, 9.17) is 14.5 Å². The number of alkyl halides is 4. The molecule has 4 aromatic rings. The van der Waals surface area contributed by atoms with Crippen LogP contribution in [0.4, 0.5) is 27.8 Å². The molecule has 2 aromatic heterocycles. The lowest BCUT2D eigenvalue weighted by molar-refractivity contribution is -0.274. The van der Waals surface area contributed by atoms with E-state index in [9.17, 15) is 22.7 Å². The first kappa shape index (κ1) is 29.9. The molecule has 0 radical (unpaired) electrons. The summed E-state index contributed by atoms with van der Waals surface area (Å²) in [6.45, 7) is 1.98. The fourth-order valence-electron chi connectivity index (χ4n) is 8.58. The largest absolute Gasteiger partial charge is 0.573 e. The van der Waals surface area contributed by atoms with Gasteiger partial charge in [-0.05, 0) is 55.8 Å². The van der Waals surface area contributed by atoms with Crippen molar-refractivity contribution in [1.29, 1.82) is 0 Å². The van der Waals surface area contributed by atoms with Crippen LogP contribution in [-0.2, 0) is 0 Å². The number of ether oxygens (including phenoxy) is 3. The summed E-state index contributed by atoms with van der Waals surface area (Å²) in [5, 5.41) is 14.5. The third kappa shape index (κ3) is 4.76. The second-order valence-electron chi connectivity index (χ2n) is 13.5. The number of nitrogens with zero attached hydrogens (tertiary/aromatic N) is 5. The first-order valence-corrected chi connectivity index (χ1v) is 16.2. The van der Waals surface area contributed by atoms with Crippen molar-refractivity contribution in [2.75, 3.05) is 37.7 Å². The van der Waals surface area contributed by atoms with Gasteiger partial charge in [0.05, 0.1) is 11.6 Å². The Morgan fingerprint density at radius 2 is 1.98 bits per heavy atom. The van der Waals surface area contributed by atoms with Gasteiger partial charge in [0, 0.05) is 42.5 Å². The van der Waals surface area contributed by atoms with Crippen molar-refractivity contribution < 1.29 is 41.3 Å². The van der Waals surface area contributed by atoms with E-state index in [0.29, 0.717) is 25.3 Å². The normalized spacial score (nSPS) is 28.0. The number of pyridine rings is 1. The molecule has 2 bridgehead atoms. The number of piperazine rings is 1. The van der Waals surface area contributed by atoms with Crippen molar-refractivity contribution >= 4 is 27.5 Å². The van der Waals surface area contributed by atoms with Crippen LogP contribution >= 0.6 is 0 Å². The highest BCUT2D eigenvalue weighted by molar-refractivity contribution is 6.04. The summed E-state index contributed by atoms with van der Waals surface area (Å²) in [4.78, 5) is 18.0. The van der Waals surface area contributed by atoms with Gasteiger partial charge >= 0.3 is 12.4 Å². The lowest BCUT2D eigenvalue weighted by Gasteiger charge is -2.40. The Morgan fingerprint density at radius 1 is 1.10 bits per heavy atom. The minimum Gasteiger partial charge on any atom is -0.508 e. The van der Waals surface area contributed by atoms with Crippen LogP contribution in [-0.4, -0.2) is 94.0 Å². The van der Waals surface area contributed by atoms with Crippen LogP contribution < -0.4 is 24.4 Å². The minimum atomic E-state index is -5.03. The predicted octanol–water partition coefficient (Wildman–Crippen LogP) is 5.25. The average Bonchev–Trinajstić information content (AvgIpc) is 3.67. The Labute approximate surface area is 270 Å². The summed E-state index contributed by atoms with van der Waals surface area (Å²) in [7, 11) is 0. The maximum atomic E-state index is 17.0. The van der Waals surface area contributed by atoms with Crippen LogP contribution in [0.5, 0.6) is 23.4 Å². The molecule has 4 saturated heterocycles. The Balaban J connectivity index is 1.23. The molecule has 0 amide bonds. The van der Waals surface area contributed by atoms with Gasteiger partial charge in [-0.3, -0.25) is 4.90 Å². The number of rotatable bonds is 5. The zero-order chi connectivity index (χ0) is 32.9. The fourth-order valence-corrected chi connectivity index (χ4v) is 8.58. The van der Waals surface area contributed by atoms with Gasteiger partial charge in [0.15, 0.2) is 5.82 Å². The second kappa shape index (κ2) is 10.6. The van der Waals surface area contributed by atoms with Gasteiger partial charge in [-0.25, -0.2) is 13.8 Å². The number of fused-ring (bicyclic) bond motifs is 7. The van der Waals surface area contributed by atoms with Gasteiger partial charge in [-0.2, -0.15) is 9.97 Å². The van der Waals surface area contributed by atoms with Gasteiger partial charge in [-0.15, -0.1) is 13.2 Å². The summed E-state index contributed by atoms with van der Waals surface area (Å²) >= 11 is 0. The molecule has 5 aliphatic rings. The molecule has 9 rings (SSSR count). The number of hydrogen-bond acceptors (Lipinski definition) is 10. The molecular weight excluding hydrogens is 639 g/mol. The van der Waals surface area contributed by atoms with Crippen molar-refractivity contribution in [2.45, 2.75) is 68.3 Å². The lowest BCUT2D eigenvalue weighted by Crippen LogP contribution is -2.60. The lowest BCUT2D eigenvalue weighted by atomic mass is 9.95. The molecule has 0 spiro atoms. The quantitative estimate of drug-likeness (QED) is 0.274. The molecule has 0 unspecified atom stereocenters. The van der Waals surface area contributed by atoms with E-state index in [1.807, 2.05) is 0 Å². The summed E-state index contributed by atoms with van der Waals surface area (Å²) in [5.41, 5.74) is -1.23. The van der Waals surface area contributed by atoms with E-state index in [2.05, 4.69) is 29.8 Å². The number of halogens is 5. The van der Waals surface area contributed by atoms with Crippen LogP contribution in [0.2, 0.25) is 0 Å². The highest BCUT2D eigenvalue weighted by Crippen LogP contribution is 2.46. The number of aromatic nitrogens is 3. The highest BCUT2D eigenvalue weighted by atomic mass is 19.4. The van der Waals surface area contributed by atoms with E-state index in [1.165, 1.54) is 18.2 Å². The maximum Gasteiger partial charge on any atom is 0.573 e. The Kier molecular flexibility index (Phi) is 6.61. The molecule has 15 heteroatoms. The van der Waals surface area contributed by atoms with E-state index in [-0.39, 0.29) is 81.9 Å². The van der Waals surface area contributed by atoms with Crippen LogP contribution in [0.25, 0.3) is 32.9 Å². The SMILES string of the molecule is Oc1cc(-c2nc3c4c(nc(OC[C@@]56CCCN5C[C@H](F)C6)nc4c2F)N2C[C@H]4CC[C@H](N4)[C@H]2CO3)c2c(OC(F)(F)F)cccc2c1. The minimum absolute atomic E-state index is 0.00978. The fraction of sp³-hybridized carbons (Fsp3) is 0.485. The molecule has 7 heterocycles. The zero-order valence-electron chi connectivity index (χ0n) is 25.6. The zero-order valence-corrected chi connectivity index (χ0v) is 25.6. The van der Waals surface area contributed by atoms with Crippen LogP contribution in [0, 0.1) is 5.82 Å². The molecule has 0 saturated carbocycles. The highest BCUT2D eigenvalue weighted by Gasteiger charge is 2.50. The second-order valence-corrected chi connectivity index (χ2v) is 13.5. The van der Waals surface area contributed by atoms with Crippen molar-refractivity contribution in [3.05, 3.63) is 36.1 Å². The topological polar surface area (TPSA) is 105 Å². The molecule has 2 aromatic carbocycles. The number of phenols is 1. The number of aromatic hydroxyl groups is 1. The van der Waals surface area contributed by atoms with Gasteiger partial charge in [0.25, 0.3) is 0 Å².